The first-order valence-electron chi connectivity index (χ1n) is 16.4. The number of aliphatic hydroxyl groups excluding tert-OH is 8. The maximum Gasteiger partial charge on any atom is 0.253 e. The second-order valence-corrected chi connectivity index (χ2v) is 17.1. The van der Waals surface area contributed by atoms with Crippen molar-refractivity contribution in [2.45, 2.75) is 24.4 Å². The van der Waals surface area contributed by atoms with Crippen molar-refractivity contribution in [3.63, 3.8) is 0 Å². The molecule has 2 aromatic rings. The summed E-state index contributed by atoms with van der Waals surface area (Å²) in [7, 11) is 0. The van der Waals surface area contributed by atoms with Gasteiger partial charge in [-0.2, -0.15) is 0 Å². The number of carbonyl (C=O) groups excluding carboxylic acids is 6. The van der Waals surface area contributed by atoms with E-state index in [1.807, 2.05) is 0 Å². The van der Waals surface area contributed by atoms with Crippen molar-refractivity contribution >= 4 is 161 Å². The Morgan fingerprint density at radius 2 is 0.912 bits per heavy atom. The molecule has 20 nitrogen and oxygen atoms in total. The van der Waals surface area contributed by atoms with Gasteiger partial charge in [-0.05, 0) is 119 Å². The summed E-state index contributed by atoms with van der Waals surface area (Å²) < 4.78 is 0.651. The number of nitrogens with one attached hydrogen (secondary N) is 4. The first-order valence-corrected chi connectivity index (χ1v) is 21.8. The molecular weight excluding hydrogens is 1330 g/mol. The minimum absolute atomic E-state index is 0.0280. The molecule has 12 N–H and O–H groups in total. The topological polar surface area (TPSA) is 319 Å². The number of hydrogen-bond donors (Lipinski definition) is 12. The van der Waals surface area contributed by atoms with Crippen LogP contribution in [-0.4, -0.2) is 167 Å². The Balaban J connectivity index is 2.62. The van der Waals surface area contributed by atoms with Crippen LogP contribution in [-0.2, 0) is 9.59 Å². The number of aliphatic hydroxyl groups is 8. The maximum absolute atomic E-state index is 13.4. The summed E-state index contributed by atoms with van der Waals surface area (Å²) in [5, 5.41) is 88.8. The standard InChI is InChI=1S/C32H39I5N6O14/c33-22-16(29(54)38-1-3-44)5-17(30(55)40-6-14(50)10-46)23(34)27(22)42(12-48)8-18(52)19(53)9-43(13-49)28-25(36)20(31(56)39-2-4-45)24(35)21(26(28)37)32(57)41-7-15(51)11-47/h5,12-15,18-19,44-47,50-53H,1-4,6-11H2,(H,38,54)(H,39,56)(H,40,55)(H,41,57). The lowest BCUT2D eigenvalue weighted by Gasteiger charge is -2.30. The number of carbonyl (C=O) groups is 6. The fraction of sp³-hybridized carbons (Fsp3) is 0.438. The van der Waals surface area contributed by atoms with Gasteiger partial charge in [0, 0.05) is 29.7 Å². The molecule has 0 radical (unpaired) electrons. The Labute approximate surface area is 393 Å². The number of nitrogens with zero attached hydrogens (tertiary/aromatic N) is 2. The molecule has 0 aliphatic heterocycles. The van der Waals surface area contributed by atoms with Gasteiger partial charge < -0.3 is 71.9 Å². The van der Waals surface area contributed by atoms with Gasteiger partial charge in [-0.25, -0.2) is 0 Å². The molecule has 25 heteroatoms. The average molecular weight is 1370 g/mol. The van der Waals surface area contributed by atoms with E-state index in [4.69, 9.17) is 5.11 Å². The molecule has 4 unspecified atom stereocenters. The Hall–Kier alpha value is -1.41. The number of benzene rings is 2. The van der Waals surface area contributed by atoms with E-state index in [2.05, 4.69) is 21.3 Å². The number of hydrogen-bond acceptors (Lipinski definition) is 14. The molecular formula is C32H39I5N6O14. The fourth-order valence-corrected chi connectivity index (χ4v) is 12.0. The molecule has 0 bridgehead atoms. The first-order chi connectivity index (χ1) is 26.9. The summed E-state index contributed by atoms with van der Waals surface area (Å²) in [6.07, 6.45) is -5.68. The van der Waals surface area contributed by atoms with Crippen LogP contribution in [0.2, 0.25) is 0 Å². The van der Waals surface area contributed by atoms with E-state index in [0.29, 0.717) is 0 Å². The van der Waals surface area contributed by atoms with Crippen LogP contribution in [0.1, 0.15) is 41.4 Å². The SMILES string of the molecule is O=CN(CC(O)C(O)CN(C=O)c1c(I)c(C(=O)NCCO)c(I)c(C(=O)NCC(O)CO)c1I)c1c(I)c(C(=O)NCCO)cc(C(=O)NCC(O)CO)c1I. The Morgan fingerprint density at radius 3 is 1.30 bits per heavy atom. The van der Waals surface area contributed by atoms with Crippen molar-refractivity contribution in [2.75, 3.05) is 75.5 Å². The van der Waals surface area contributed by atoms with Crippen LogP contribution >= 0.6 is 113 Å². The minimum atomic E-state index is -1.82. The van der Waals surface area contributed by atoms with E-state index in [-0.39, 0.29) is 90.5 Å². The molecule has 4 atom stereocenters. The number of halogens is 5. The fourth-order valence-electron chi connectivity index (χ4n) is 4.78. The molecule has 0 heterocycles. The Morgan fingerprint density at radius 1 is 0.561 bits per heavy atom. The predicted octanol–water partition coefficient (Wildman–Crippen LogP) is -2.33. The van der Waals surface area contributed by atoms with Crippen LogP contribution in [0.15, 0.2) is 6.07 Å². The van der Waals surface area contributed by atoms with Gasteiger partial charge in [-0.3, -0.25) is 28.8 Å². The van der Waals surface area contributed by atoms with Gasteiger partial charge in [-0.1, -0.05) is 0 Å². The minimum Gasteiger partial charge on any atom is -0.395 e. The molecule has 0 saturated heterocycles. The molecule has 57 heavy (non-hydrogen) atoms. The summed E-state index contributed by atoms with van der Waals surface area (Å²) in [6.45, 7) is -4.47. The monoisotopic (exact) mass is 1370 g/mol. The van der Waals surface area contributed by atoms with Gasteiger partial charge in [0.2, 0.25) is 12.8 Å². The zero-order valence-corrected chi connectivity index (χ0v) is 40.2. The van der Waals surface area contributed by atoms with Crippen molar-refractivity contribution in [1.29, 1.82) is 0 Å². The van der Waals surface area contributed by atoms with Gasteiger partial charge in [0.1, 0.15) is 0 Å². The third-order valence-corrected chi connectivity index (χ3v) is 13.0. The summed E-state index contributed by atoms with van der Waals surface area (Å²) in [4.78, 5) is 80.1. The normalized spacial score (nSPS) is 13.1. The van der Waals surface area contributed by atoms with Crippen LogP contribution in [0, 0.1) is 17.9 Å². The molecule has 0 aromatic heterocycles. The molecule has 0 aliphatic rings. The molecule has 316 valence electrons. The van der Waals surface area contributed by atoms with Crippen molar-refractivity contribution in [2.24, 2.45) is 0 Å². The molecule has 6 amide bonds. The highest BCUT2D eigenvalue weighted by molar-refractivity contribution is 14.1. The zero-order chi connectivity index (χ0) is 43.1. The van der Waals surface area contributed by atoms with Crippen LogP contribution < -0.4 is 31.1 Å². The van der Waals surface area contributed by atoms with Crippen LogP contribution in [0.4, 0.5) is 11.4 Å². The predicted molar refractivity (Wildman–Crippen MR) is 245 cm³/mol. The van der Waals surface area contributed by atoms with Gasteiger partial charge in [0.05, 0.1) is 112 Å². The smallest absolute Gasteiger partial charge is 0.253 e. The summed E-state index contributed by atoms with van der Waals surface area (Å²) in [5.74, 6) is -3.03. The lowest BCUT2D eigenvalue weighted by molar-refractivity contribution is -0.109. The van der Waals surface area contributed by atoms with Gasteiger partial charge in [-0.15, -0.1) is 0 Å². The molecule has 2 rings (SSSR count). The Bertz CT molecular complexity index is 1790. The quantitative estimate of drug-likeness (QED) is 0.0411. The van der Waals surface area contributed by atoms with Gasteiger partial charge >= 0.3 is 0 Å². The molecule has 0 saturated carbocycles. The summed E-state index contributed by atoms with van der Waals surface area (Å²) in [6, 6.07) is 1.22. The lowest BCUT2D eigenvalue weighted by atomic mass is 10.1. The van der Waals surface area contributed by atoms with Crippen molar-refractivity contribution in [3.05, 3.63) is 46.2 Å². The number of anilines is 2. The van der Waals surface area contributed by atoms with E-state index in [1.54, 1.807) is 113 Å². The average Bonchev–Trinajstić information content (AvgIpc) is 3.18. The maximum atomic E-state index is 13.4. The molecule has 2 aromatic carbocycles. The van der Waals surface area contributed by atoms with Crippen molar-refractivity contribution in [3.8, 4) is 0 Å². The van der Waals surface area contributed by atoms with E-state index >= 15 is 0 Å². The van der Waals surface area contributed by atoms with E-state index in [9.17, 15) is 64.5 Å². The van der Waals surface area contributed by atoms with Gasteiger partial charge in [0.25, 0.3) is 23.6 Å². The summed E-state index contributed by atoms with van der Waals surface area (Å²) in [5.41, 5.74) is -0.464. The number of amides is 6. The van der Waals surface area contributed by atoms with Crippen LogP contribution in [0.5, 0.6) is 0 Å². The number of rotatable bonds is 23. The van der Waals surface area contributed by atoms with Crippen molar-refractivity contribution < 1.29 is 69.6 Å². The zero-order valence-electron chi connectivity index (χ0n) is 29.4. The third-order valence-electron chi connectivity index (χ3n) is 7.67. The highest BCUT2D eigenvalue weighted by Crippen LogP contribution is 2.38. The second-order valence-electron chi connectivity index (χ2n) is 11.7. The van der Waals surface area contributed by atoms with Crippen molar-refractivity contribution in [1.82, 2.24) is 21.3 Å². The van der Waals surface area contributed by atoms with Crippen LogP contribution in [0.3, 0.4) is 0 Å². The summed E-state index contributed by atoms with van der Waals surface area (Å²) >= 11 is 8.79. The lowest BCUT2D eigenvalue weighted by Crippen LogP contribution is -2.45. The molecule has 0 fully saturated rings. The van der Waals surface area contributed by atoms with E-state index in [0.717, 1.165) is 9.80 Å². The second kappa shape index (κ2) is 25.4. The van der Waals surface area contributed by atoms with E-state index < -0.39 is 87.6 Å². The first kappa shape index (κ1) is 51.7. The largest absolute Gasteiger partial charge is 0.395 e. The highest BCUT2D eigenvalue weighted by Gasteiger charge is 2.33. The third kappa shape index (κ3) is 13.8. The van der Waals surface area contributed by atoms with Crippen LogP contribution in [0.25, 0.3) is 0 Å². The van der Waals surface area contributed by atoms with Gasteiger partial charge in [0.15, 0.2) is 0 Å². The van der Waals surface area contributed by atoms with E-state index in [1.165, 1.54) is 6.07 Å². The highest BCUT2D eigenvalue weighted by atomic mass is 127. The molecule has 0 spiro atoms. The Kier molecular flexibility index (Phi) is 23.0. The molecule has 0 aliphatic carbocycles.